The molecular formula is C11H10Br2N2O3. The van der Waals surface area contributed by atoms with E-state index in [-0.39, 0.29) is 17.8 Å². The van der Waals surface area contributed by atoms with Crippen molar-refractivity contribution >= 4 is 49.5 Å². The van der Waals surface area contributed by atoms with Crippen molar-refractivity contribution in [1.29, 1.82) is 0 Å². The van der Waals surface area contributed by atoms with Gasteiger partial charge >= 0.3 is 12.0 Å². The Bertz CT molecular complexity index is 503. The number of benzene rings is 1. The summed E-state index contributed by atoms with van der Waals surface area (Å²) >= 11 is 6.29. The first kappa shape index (κ1) is 14.7. The van der Waals surface area contributed by atoms with Crippen molar-refractivity contribution in [3.05, 3.63) is 39.3 Å². The Kier molecular flexibility index (Phi) is 5.36. The first-order valence-electron chi connectivity index (χ1n) is 4.81. The lowest BCUT2D eigenvalue weighted by Gasteiger charge is -2.11. The van der Waals surface area contributed by atoms with Gasteiger partial charge in [-0.2, -0.15) is 0 Å². The van der Waals surface area contributed by atoms with Crippen molar-refractivity contribution in [2.24, 2.45) is 0 Å². The van der Waals surface area contributed by atoms with Crippen LogP contribution >= 0.6 is 31.9 Å². The summed E-state index contributed by atoms with van der Waals surface area (Å²) in [5, 5.41) is 14.0. The Hall–Kier alpha value is -1.34. The van der Waals surface area contributed by atoms with E-state index in [9.17, 15) is 9.59 Å². The Morgan fingerprint density at radius 1 is 1.39 bits per heavy atom. The molecule has 0 aliphatic carbocycles. The minimum Gasteiger partial charge on any atom is -0.478 e. The lowest BCUT2D eigenvalue weighted by atomic mass is 10.2. The quantitative estimate of drug-likeness (QED) is 0.753. The van der Waals surface area contributed by atoms with Crippen molar-refractivity contribution in [3.8, 4) is 0 Å². The Morgan fingerprint density at radius 2 is 2.06 bits per heavy atom. The number of rotatable bonds is 4. The summed E-state index contributed by atoms with van der Waals surface area (Å²) in [6.45, 7) is 3.82. The van der Waals surface area contributed by atoms with Crippen LogP contribution in [0.5, 0.6) is 0 Å². The van der Waals surface area contributed by atoms with Crippen molar-refractivity contribution in [1.82, 2.24) is 5.32 Å². The summed E-state index contributed by atoms with van der Waals surface area (Å²) in [7, 11) is 0. The van der Waals surface area contributed by atoms with Crippen molar-refractivity contribution in [2.75, 3.05) is 11.9 Å². The molecule has 2 amide bonds. The maximum atomic E-state index is 11.5. The zero-order valence-electron chi connectivity index (χ0n) is 9.17. The predicted octanol–water partition coefficient (Wildman–Crippen LogP) is 3.18. The van der Waals surface area contributed by atoms with Gasteiger partial charge in [-0.25, -0.2) is 9.59 Å². The lowest BCUT2D eigenvalue weighted by Crippen LogP contribution is -2.30. The molecule has 0 aliphatic heterocycles. The smallest absolute Gasteiger partial charge is 0.337 e. The molecule has 0 radical (unpaired) electrons. The molecule has 1 aromatic carbocycles. The molecule has 7 heteroatoms. The highest BCUT2D eigenvalue weighted by molar-refractivity contribution is 9.11. The minimum absolute atomic E-state index is 0.0113. The zero-order valence-corrected chi connectivity index (χ0v) is 12.3. The third-order valence-electron chi connectivity index (χ3n) is 1.92. The van der Waals surface area contributed by atoms with Crippen molar-refractivity contribution in [3.63, 3.8) is 0 Å². The molecule has 0 saturated carbocycles. The normalized spacial score (nSPS) is 9.67. The highest BCUT2D eigenvalue weighted by atomic mass is 79.9. The molecular weight excluding hydrogens is 368 g/mol. The van der Waals surface area contributed by atoms with Gasteiger partial charge in [0.2, 0.25) is 0 Å². The summed E-state index contributed by atoms with van der Waals surface area (Å²) in [5.41, 5.74) is 0.222. The van der Waals surface area contributed by atoms with E-state index in [1.807, 2.05) is 0 Å². The molecule has 1 rings (SSSR count). The van der Waals surface area contributed by atoms with E-state index in [1.165, 1.54) is 6.07 Å². The Morgan fingerprint density at radius 3 is 2.61 bits per heavy atom. The maximum absolute atomic E-state index is 11.5. The lowest BCUT2D eigenvalue weighted by molar-refractivity contribution is 0.0698. The van der Waals surface area contributed by atoms with E-state index >= 15 is 0 Å². The molecule has 1 aromatic rings. The van der Waals surface area contributed by atoms with Crippen LogP contribution in [-0.2, 0) is 0 Å². The third-order valence-corrected chi connectivity index (χ3v) is 2.86. The number of nitrogens with one attached hydrogen (secondary N) is 2. The predicted molar refractivity (Wildman–Crippen MR) is 76.2 cm³/mol. The summed E-state index contributed by atoms with van der Waals surface area (Å²) in [6, 6.07) is 4.12. The van der Waals surface area contributed by atoms with Crippen LogP contribution in [0.2, 0.25) is 0 Å². The average Bonchev–Trinajstić information content (AvgIpc) is 2.28. The largest absolute Gasteiger partial charge is 0.478 e. The number of para-hydroxylation sites is 1. The van der Waals surface area contributed by atoms with E-state index in [0.717, 1.165) is 0 Å². The van der Waals surface area contributed by atoms with E-state index in [2.05, 4.69) is 49.1 Å². The maximum Gasteiger partial charge on any atom is 0.337 e. The molecule has 0 atom stereocenters. The number of halogens is 2. The fourth-order valence-corrected chi connectivity index (χ4v) is 1.77. The van der Waals surface area contributed by atoms with Gasteiger partial charge in [0.25, 0.3) is 0 Å². The number of amides is 2. The molecule has 96 valence electrons. The van der Waals surface area contributed by atoms with E-state index in [1.54, 1.807) is 12.1 Å². The van der Waals surface area contributed by atoms with E-state index in [0.29, 0.717) is 8.96 Å². The van der Waals surface area contributed by atoms with E-state index < -0.39 is 12.0 Å². The van der Waals surface area contributed by atoms with Gasteiger partial charge in [-0.1, -0.05) is 28.6 Å². The van der Waals surface area contributed by atoms with Gasteiger partial charge < -0.3 is 15.7 Å². The molecule has 3 N–H and O–H groups in total. The van der Waals surface area contributed by atoms with Crippen LogP contribution in [0.3, 0.4) is 0 Å². The SMILES string of the molecule is C=C(Br)CNC(=O)Nc1c(Br)cccc1C(=O)O. The number of hydrogen-bond donors (Lipinski definition) is 3. The Balaban J connectivity index is 2.86. The summed E-state index contributed by atoms with van der Waals surface area (Å²) in [6.07, 6.45) is 0. The number of carboxylic acids is 1. The van der Waals surface area contributed by atoms with Crippen LogP contribution in [0.15, 0.2) is 33.7 Å². The molecule has 18 heavy (non-hydrogen) atoms. The fourth-order valence-electron chi connectivity index (χ4n) is 1.16. The average molecular weight is 378 g/mol. The standard InChI is InChI=1S/C11H10Br2N2O3/c1-6(12)5-14-11(18)15-9-7(10(16)17)3-2-4-8(9)13/h2-4H,1,5H2,(H,16,17)(H2,14,15,18). The molecule has 0 bridgehead atoms. The van der Waals surface area contributed by atoms with Gasteiger partial charge in [0, 0.05) is 8.96 Å². The summed E-state index contributed by atoms with van der Waals surface area (Å²) in [5.74, 6) is -1.11. The minimum atomic E-state index is -1.11. The van der Waals surface area contributed by atoms with Crippen LogP contribution in [0.25, 0.3) is 0 Å². The topological polar surface area (TPSA) is 78.4 Å². The van der Waals surface area contributed by atoms with Gasteiger partial charge in [-0.05, 0) is 28.1 Å². The number of carbonyl (C=O) groups is 2. The second-order valence-corrected chi connectivity index (χ2v) is 5.27. The van der Waals surface area contributed by atoms with Gasteiger partial charge in [-0.15, -0.1) is 0 Å². The molecule has 0 aliphatic rings. The van der Waals surface area contributed by atoms with Gasteiger partial charge in [0.05, 0.1) is 17.8 Å². The van der Waals surface area contributed by atoms with Crippen LogP contribution in [-0.4, -0.2) is 23.7 Å². The number of carbonyl (C=O) groups excluding carboxylic acids is 1. The van der Waals surface area contributed by atoms with E-state index in [4.69, 9.17) is 5.11 Å². The van der Waals surface area contributed by atoms with Crippen LogP contribution in [0, 0.1) is 0 Å². The first-order chi connectivity index (χ1) is 8.41. The second kappa shape index (κ2) is 6.55. The number of aromatic carboxylic acids is 1. The summed E-state index contributed by atoms with van der Waals surface area (Å²) in [4.78, 5) is 22.6. The number of urea groups is 1. The molecule has 0 spiro atoms. The van der Waals surface area contributed by atoms with Crippen LogP contribution in [0.4, 0.5) is 10.5 Å². The zero-order chi connectivity index (χ0) is 13.7. The Labute approximate surface area is 121 Å². The molecule has 5 nitrogen and oxygen atoms in total. The van der Waals surface area contributed by atoms with Crippen molar-refractivity contribution in [2.45, 2.75) is 0 Å². The fraction of sp³-hybridized carbons (Fsp3) is 0.0909. The summed E-state index contributed by atoms with van der Waals surface area (Å²) < 4.78 is 1.11. The van der Waals surface area contributed by atoms with Crippen LogP contribution in [0.1, 0.15) is 10.4 Å². The van der Waals surface area contributed by atoms with Gasteiger partial charge in [-0.3, -0.25) is 0 Å². The monoisotopic (exact) mass is 376 g/mol. The first-order valence-corrected chi connectivity index (χ1v) is 6.40. The van der Waals surface area contributed by atoms with Gasteiger partial charge in [0.1, 0.15) is 0 Å². The number of carboxylic acid groups (broad SMARTS) is 1. The molecule has 0 aromatic heterocycles. The highest BCUT2D eigenvalue weighted by Crippen LogP contribution is 2.26. The molecule has 0 unspecified atom stereocenters. The molecule has 0 saturated heterocycles. The van der Waals surface area contributed by atoms with Crippen LogP contribution < -0.4 is 10.6 Å². The highest BCUT2D eigenvalue weighted by Gasteiger charge is 2.14. The third kappa shape index (κ3) is 4.15. The molecule has 0 heterocycles. The van der Waals surface area contributed by atoms with Crippen molar-refractivity contribution < 1.29 is 14.7 Å². The number of anilines is 1. The second-order valence-electron chi connectivity index (χ2n) is 3.29. The van der Waals surface area contributed by atoms with Gasteiger partial charge in [0.15, 0.2) is 0 Å². The molecule has 0 fully saturated rings. The number of hydrogen-bond acceptors (Lipinski definition) is 2.